The standard InChI is InChI=1S/C21H27F3N4O5/c1-20(2,18(30)31)33-15-9-4-7-14(13-15)8-5-11-25-16-17(29)28(19(32)27(3)26-16)12-6-10-21(22,23)24/h4,7,9,13H,5-6,8,10-12H2,1-3H3,(H,25,26)(H,30,31)/p-1. The zero-order valence-electron chi connectivity index (χ0n) is 18.6. The molecule has 0 bridgehead atoms. The number of alkyl halides is 3. The van der Waals surface area contributed by atoms with Crippen molar-refractivity contribution in [3.8, 4) is 5.75 Å². The van der Waals surface area contributed by atoms with Gasteiger partial charge in [-0.05, 0) is 50.8 Å². The molecule has 1 aromatic heterocycles. The van der Waals surface area contributed by atoms with E-state index >= 15 is 0 Å². The number of aliphatic carboxylic acids is 1. The zero-order chi connectivity index (χ0) is 24.8. The van der Waals surface area contributed by atoms with E-state index < -0.39 is 41.8 Å². The summed E-state index contributed by atoms with van der Waals surface area (Å²) in [5.74, 6) is -1.10. The van der Waals surface area contributed by atoms with E-state index in [0.717, 1.165) is 14.8 Å². The molecule has 182 valence electrons. The van der Waals surface area contributed by atoms with E-state index in [1.54, 1.807) is 18.2 Å². The molecule has 0 amide bonds. The van der Waals surface area contributed by atoms with Crippen molar-refractivity contribution in [1.29, 1.82) is 0 Å². The number of halogens is 3. The number of ether oxygens (including phenoxy) is 1. The van der Waals surface area contributed by atoms with Crippen LogP contribution in [0.2, 0.25) is 0 Å². The van der Waals surface area contributed by atoms with E-state index in [9.17, 15) is 32.7 Å². The van der Waals surface area contributed by atoms with Crippen LogP contribution in [0.25, 0.3) is 0 Å². The number of carboxylic acids is 1. The van der Waals surface area contributed by atoms with E-state index in [1.807, 2.05) is 6.07 Å². The third-order valence-electron chi connectivity index (χ3n) is 4.75. The van der Waals surface area contributed by atoms with E-state index in [-0.39, 0.29) is 12.4 Å². The number of nitrogens with zero attached hydrogens (tertiary/aromatic N) is 3. The first-order valence-electron chi connectivity index (χ1n) is 10.3. The van der Waals surface area contributed by atoms with Crippen LogP contribution in [0, 0.1) is 0 Å². The first-order valence-corrected chi connectivity index (χ1v) is 10.3. The SMILES string of the molecule is Cn1nc(NCCCc2cccc(OC(C)(C)C(=O)[O-])c2)c(=O)n(CCCC(F)(F)F)c1=O. The summed E-state index contributed by atoms with van der Waals surface area (Å²) >= 11 is 0. The predicted octanol–water partition coefficient (Wildman–Crippen LogP) is 1.24. The van der Waals surface area contributed by atoms with Crippen LogP contribution >= 0.6 is 0 Å². The third kappa shape index (κ3) is 7.65. The second kappa shape index (κ2) is 10.5. The minimum atomic E-state index is -4.37. The molecule has 2 aromatic rings. The number of hydrogen-bond acceptors (Lipinski definition) is 7. The highest BCUT2D eigenvalue weighted by molar-refractivity contribution is 5.74. The molecule has 0 saturated heterocycles. The fourth-order valence-electron chi connectivity index (χ4n) is 2.97. The molecule has 0 aliphatic carbocycles. The van der Waals surface area contributed by atoms with Crippen LogP contribution in [-0.2, 0) is 24.8 Å². The Balaban J connectivity index is 1.98. The Labute approximate surface area is 187 Å². The minimum Gasteiger partial charge on any atom is -0.546 e. The van der Waals surface area contributed by atoms with E-state index in [1.165, 1.54) is 20.9 Å². The first-order chi connectivity index (χ1) is 15.3. The number of rotatable bonds is 11. The first kappa shape index (κ1) is 25.9. The van der Waals surface area contributed by atoms with Gasteiger partial charge in [-0.2, -0.15) is 13.2 Å². The number of hydrogen-bond donors (Lipinski definition) is 1. The van der Waals surface area contributed by atoms with Crippen molar-refractivity contribution in [3.05, 3.63) is 50.7 Å². The molecule has 33 heavy (non-hydrogen) atoms. The summed E-state index contributed by atoms with van der Waals surface area (Å²) in [6.45, 7) is 2.71. The molecule has 0 atom stereocenters. The topological polar surface area (TPSA) is 118 Å². The number of aryl methyl sites for hydroxylation is 2. The molecule has 1 aromatic carbocycles. The molecule has 1 N–H and O–H groups in total. The van der Waals surface area contributed by atoms with Crippen molar-refractivity contribution < 1.29 is 27.8 Å². The van der Waals surface area contributed by atoms with Crippen LogP contribution in [0.3, 0.4) is 0 Å². The quantitative estimate of drug-likeness (QED) is 0.490. The van der Waals surface area contributed by atoms with Crippen molar-refractivity contribution >= 4 is 11.8 Å². The third-order valence-corrected chi connectivity index (χ3v) is 4.75. The summed E-state index contributed by atoms with van der Waals surface area (Å²) in [5.41, 5.74) is -2.19. The number of anilines is 1. The van der Waals surface area contributed by atoms with Crippen molar-refractivity contribution in [2.75, 3.05) is 11.9 Å². The zero-order valence-corrected chi connectivity index (χ0v) is 18.6. The molecule has 2 rings (SSSR count). The Morgan fingerprint density at radius 3 is 2.55 bits per heavy atom. The average Bonchev–Trinajstić information content (AvgIpc) is 2.70. The molecular weight excluding hydrogens is 445 g/mol. The Bertz CT molecular complexity index is 1090. The molecule has 0 aliphatic rings. The van der Waals surface area contributed by atoms with E-state index in [0.29, 0.717) is 25.1 Å². The van der Waals surface area contributed by atoms with Gasteiger partial charge < -0.3 is 20.0 Å². The number of carbonyl (C=O) groups excluding carboxylic acids is 1. The van der Waals surface area contributed by atoms with Gasteiger partial charge >= 0.3 is 11.9 Å². The lowest BCUT2D eigenvalue weighted by atomic mass is 10.1. The number of carboxylic acid groups (broad SMARTS) is 1. The number of benzene rings is 1. The van der Waals surface area contributed by atoms with Gasteiger partial charge in [0.15, 0.2) is 0 Å². The lowest BCUT2D eigenvalue weighted by molar-refractivity contribution is -0.320. The molecule has 0 aliphatic heterocycles. The molecule has 0 radical (unpaired) electrons. The van der Waals surface area contributed by atoms with Gasteiger partial charge in [-0.1, -0.05) is 12.1 Å². The summed E-state index contributed by atoms with van der Waals surface area (Å²) in [4.78, 5) is 35.7. The van der Waals surface area contributed by atoms with Gasteiger partial charge in [0.25, 0.3) is 5.56 Å². The summed E-state index contributed by atoms with van der Waals surface area (Å²) in [6, 6.07) is 6.87. The van der Waals surface area contributed by atoms with E-state index in [2.05, 4.69) is 10.4 Å². The summed E-state index contributed by atoms with van der Waals surface area (Å²) in [7, 11) is 1.31. The lowest BCUT2D eigenvalue weighted by Gasteiger charge is -2.27. The maximum absolute atomic E-state index is 12.5. The highest BCUT2D eigenvalue weighted by atomic mass is 19.4. The molecule has 9 nitrogen and oxygen atoms in total. The highest BCUT2D eigenvalue weighted by Gasteiger charge is 2.26. The summed E-state index contributed by atoms with van der Waals surface area (Å²) in [6.07, 6.45) is -4.76. The van der Waals surface area contributed by atoms with Crippen LogP contribution in [0.15, 0.2) is 33.9 Å². The second-order valence-corrected chi connectivity index (χ2v) is 8.01. The molecule has 0 saturated carbocycles. The average molecular weight is 471 g/mol. The molecule has 0 unspecified atom stereocenters. The Kier molecular flexibility index (Phi) is 8.29. The minimum absolute atomic E-state index is 0.128. The largest absolute Gasteiger partial charge is 0.546 e. The monoisotopic (exact) mass is 471 g/mol. The van der Waals surface area contributed by atoms with Crippen molar-refractivity contribution in [2.45, 2.75) is 57.9 Å². The Morgan fingerprint density at radius 1 is 1.21 bits per heavy atom. The molecule has 1 heterocycles. The van der Waals surface area contributed by atoms with Crippen LogP contribution in [-0.4, -0.2) is 38.6 Å². The highest BCUT2D eigenvalue weighted by Crippen LogP contribution is 2.21. The maximum atomic E-state index is 12.5. The van der Waals surface area contributed by atoms with Crippen LogP contribution < -0.4 is 26.4 Å². The van der Waals surface area contributed by atoms with Crippen LogP contribution in [0.4, 0.5) is 19.0 Å². The predicted molar refractivity (Wildman–Crippen MR) is 112 cm³/mol. The number of aromatic nitrogens is 3. The Hall–Kier alpha value is -3.31. The molecule has 0 fully saturated rings. The van der Waals surface area contributed by atoms with Gasteiger partial charge in [-0.25, -0.2) is 9.48 Å². The molecule has 12 heteroatoms. The van der Waals surface area contributed by atoms with Crippen molar-refractivity contribution in [3.63, 3.8) is 0 Å². The van der Waals surface area contributed by atoms with E-state index in [4.69, 9.17) is 4.74 Å². The number of nitrogens with one attached hydrogen (secondary N) is 1. The number of carbonyl (C=O) groups is 1. The second-order valence-electron chi connectivity index (χ2n) is 8.01. The summed E-state index contributed by atoms with van der Waals surface area (Å²) in [5, 5.41) is 17.8. The van der Waals surface area contributed by atoms with Gasteiger partial charge in [0, 0.05) is 26.6 Å². The van der Waals surface area contributed by atoms with Crippen LogP contribution in [0.1, 0.15) is 38.7 Å². The molecule has 0 spiro atoms. The fraction of sp³-hybridized carbons (Fsp3) is 0.524. The molecular formula is C21H26F3N4O5-. The van der Waals surface area contributed by atoms with Crippen molar-refractivity contribution in [2.24, 2.45) is 7.05 Å². The normalized spacial score (nSPS) is 11.9. The van der Waals surface area contributed by atoms with Gasteiger partial charge in [0.1, 0.15) is 11.4 Å². The van der Waals surface area contributed by atoms with Crippen LogP contribution in [0.5, 0.6) is 5.75 Å². The fourth-order valence-corrected chi connectivity index (χ4v) is 2.97. The van der Waals surface area contributed by atoms with Gasteiger partial charge in [-0.15, -0.1) is 5.10 Å². The lowest BCUT2D eigenvalue weighted by Crippen LogP contribution is -2.47. The van der Waals surface area contributed by atoms with Gasteiger partial charge in [0.2, 0.25) is 5.82 Å². The smallest absolute Gasteiger partial charge is 0.389 e. The maximum Gasteiger partial charge on any atom is 0.389 e. The van der Waals surface area contributed by atoms with Gasteiger partial charge in [-0.3, -0.25) is 9.36 Å². The van der Waals surface area contributed by atoms with Crippen molar-refractivity contribution in [1.82, 2.24) is 14.3 Å². The van der Waals surface area contributed by atoms with Gasteiger partial charge in [0.05, 0.1) is 5.97 Å². The summed E-state index contributed by atoms with van der Waals surface area (Å²) < 4.78 is 44.2. The Morgan fingerprint density at radius 2 is 1.91 bits per heavy atom.